The van der Waals surface area contributed by atoms with E-state index in [-0.39, 0.29) is 11.7 Å². The van der Waals surface area contributed by atoms with E-state index < -0.39 is 30.2 Å². The minimum Gasteiger partial charge on any atom is -0.405 e. The summed E-state index contributed by atoms with van der Waals surface area (Å²) in [7, 11) is -0.779. The van der Waals surface area contributed by atoms with E-state index in [1.54, 1.807) is 0 Å². The number of benzene rings is 1. The molecule has 1 heterocycles. The summed E-state index contributed by atoms with van der Waals surface area (Å²) in [4.78, 5) is 11.6. The fraction of sp³-hybridized carbons (Fsp3) is 0.533. The van der Waals surface area contributed by atoms with Gasteiger partial charge in [0.25, 0.3) is 0 Å². The van der Waals surface area contributed by atoms with Crippen LogP contribution >= 0.6 is 0 Å². The van der Waals surface area contributed by atoms with E-state index >= 15 is 0 Å². The van der Waals surface area contributed by atoms with Crippen LogP contribution in [0.15, 0.2) is 18.2 Å². The van der Waals surface area contributed by atoms with Crippen molar-refractivity contribution < 1.29 is 27.3 Å². The SMILES string of the molecule is CC(=O)c1cc(B2OC(C)CC(C)(C)O2)ccc1C(F)(F)F. The standard InChI is InChI=1S/C15H18BF3O3/c1-9-8-14(3,4)22-16(21-9)11-5-6-13(15(17,18)19)12(7-11)10(2)20/h5-7,9H,8H2,1-4H3. The number of carbonyl (C=O) groups excluding carboxylic acids is 1. The third-order valence-corrected chi connectivity index (χ3v) is 3.56. The number of hydrogen-bond acceptors (Lipinski definition) is 3. The van der Waals surface area contributed by atoms with E-state index in [1.807, 2.05) is 20.8 Å². The maximum absolute atomic E-state index is 13.0. The molecule has 22 heavy (non-hydrogen) atoms. The van der Waals surface area contributed by atoms with Crippen molar-refractivity contribution in [2.45, 2.75) is 52.0 Å². The molecule has 1 unspecified atom stereocenters. The Morgan fingerprint density at radius 1 is 1.36 bits per heavy atom. The Bertz CT molecular complexity index is 584. The number of ketones is 1. The molecule has 7 heteroatoms. The lowest BCUT2D eigenvalue weighted by Crippen LogP contribution is -2.51. The molecule has 1 aliphatic heterocycles. The maximum atomic E-state index is 13.0. The smallest absolute Gasteiger partial charge is 0.405 e. The van der Waals surface area contributed by atoms with Gasteiger partial charge in [-0.1, -0.05) is 12.1 Å². The van der Waals surface area contributed by atoms with Gasteiger partial charge in [0, 0.05) is 11.7 Å². The van der Waals surface area contributed by atoms with Crippen LogP contribution in [0.3, 0.4) is 0 Å². The lowest BCUT2D eigenvalue weighted by atomic mass is 9.73. The molecule has 1 saturated heterocycles. The molecule has 0 bridgehead atoms. The molecule has 2 rings (SSSR count). The van der Waals surface area contributed by atoms with Gasteiger partial charge in [0.1, 0.15) is 0 Å². The number of rotatable bonds is 2. The van der Waals surface area contributed by atoms with Gasteiger partial charge in [0.15, 0.2) is 5.78 Å². The second-order valence-corrected chi connectivity index (χ2v) is 6.22. The number of hydrogen-bond donors (Lipinski definition) is 0. The van der Waals surface area contributed by atoms with Crippen LogP contribution < -0.4 is 5.46 Å². The van der Waals surface area contributed by atoms with Crippen LogP contribution in [0, 0.1) is 0 Å². The molecule has 0 N–H and O–H groups in total. The first-order valence-electron chi connectivity index (χ1n) is 7.05. The van der Waals surface area contributed by atoms with Crippen LogP contribution in [-0.4, -0.2) is 24.6 Å². The van der Waals surface area contributed by atoms with Gasteiger partial charge < -0.3 is 9.31 Å². The highest BCUT2D eigenvalue weighted by molar-refractivity contribution is 6.61. The normalized spacial score (nSPS) is 21.8. The van der Waals surface area contributed by atoms with Gasteiger partial charge in [0.2, 0.25) is 0 Å². The van der Waals surface area contributed by atoms with Crippen LogP contribution in [0.1, 0.15) is 50.0 Å². The number of alkyl halides is 3. The molecular formula is C15H18BF3O3. The molecule has 0 spiro atoms. The van der Waals surface area contributed by atoms with Crippen molar-refractivity contribution in [2.75, 3.05) is 0 Å². The number of halogens is 3. The minimum absolute atomic E-state index is 0.0863. The Kier molecular flexibility index (Phi) is 4.41. The Labute approximate surface area is 127 Å². The topological polar surface area (TPSA) is 35.5 Å². The van der Waals surface area contributed by atoms with E-state index in [2.05, 4.69) is 0 Å². The lowest BCUT2D eigenvalue weighted by molar-refractivity contribution is -0.137. The van der Waals surface area contributed by atoms with Crippen molar-refractivity contribution >= 4 is 18.4 Å². The third-order valence-electron chi connectivity index (χ3n) is 3.56. The van der Waals surface area contributed by atoms with Gasteiger partial charge in [-0.25, -0.2) is 0 Å². The molecule has 1 aromatic rings. The van der Waals surface area contributed by atoms with Crippen molar-refractivity contribution in [3.05, 3.63) is 29.3 Å². The quantitative estimate of drug-likeness (QED) is 0.621. The molecule has 1 fully saturated rings. The van der Waals surface area contributed by atoms with E-state index in [0.29, 0.717) is 11.9 Å². The third kappa shape index (κ3) is 3.70. The molecule has 1 aliphatic rings. The van der Waals surface area contributed by atoms with Gasteiger partial charge in [-0.2, -0.15) is 13.2 Å². The number of Topliss-reactive ketones (excluding diaryl/α,β-unsaturated/α-hetero) is 1. The zero-order chi connectivity index (χ0) is 16.7. The summed E-state index contributed by atoms with van der Waals surface area (Å²) in [5, 5.41) is 0. The minimum atomic E-state index is -4.57. The van der Waals surface area contributed by atoms with Crippen LogP contribution in [0.2, 0.25) is 0 Å². The summed E-state index contributed by atoms with van der Waals surface area (Å²) >= 11 is 0. The van der Waals surface area contributed by atoms with Gasteiger partial charge >= 0.3 is 13.3 Å². The number of carbonyl (C=O) groups is 1. The Hall–Kier alpha value is -1.34. The summed E-state index contributed by atoms with van der Waals surface area (Å²) in [6.07, 6.45) is -3.97. The fourth-order valence-corrected chi connectivity index (χ4v) is 2.71. The molecular weight excluding hydrogens is 296 g/mol. The van der Waals surface area contributed by atoms with Crippen LogP contribution in [0.4, 0.5) is 13.2 Å². The first-order valence-corrected chi connectivity index (χ1v) is 7.05. The van der Waals surface area contributed by atoms with Crippen molar-refractivity contribution in [2.24, 2.45) is 0 Å². The van der Waals surface area contributed by atoms with E-state index in [4.69, 9.17) is 9.31 Å². The van der Waals surface area contributed by atoms with Crippen molar-refractivity contribution in [3.63, 3.8) is 0 Å². The van der Waals surface area contributed by atoms with Gasteiger partial charge in [-0.3, -0.25) is 4.79 Å². The van der Waals surface area contributed by atoms with Crippen molar-refractivity contribution in [1.82, 2.24) is 0 Å². The first kappa shape index (κ1) is 17.0. The highest BCUT2D eigenvalue weighted by Crippen LogP contribution is 2.32. The predicted octanol–water partition coefficient (Wildman–Crippen LogP) is 3.21. The average Bonchev–Trinajstić information content (AvgIpc) is 2.34. The lowest BCUT2D eigenvalue weighted by Gasteiger charge is -2.38. The first-order chi connectivity index (χ1) is 9.99. The van der Waals surface area contributed by atoms with Crippen LogP contribution in [0.25, 0.3) is 0 Å². The summed E-state index contributed by atoms with van der Waals surface area (Å²) in [6.45, 7) is 6.79. The van der Waals surface area contributed by atoms with Gasteiger partial charge in [-0.05, 0) is 45.6 Å². The van der Waals surface area contributed by atoms with Crippen LogP contribution in [0.5, 0.6) is 0 Å². The Balaban J connectivity index is 2.41. The molecule has 0 aliphatic carbocycles. The van der Waals surface area contributed by atoms with E-state index in [1.165, 1.54) is 12.1 Å². The average molecular weight is 314 g/mol. The summed E-state index contributed by atoms with van der Waals surface area (Å²) < 4.78 is 50.3. The summed E-state index contributed by atoms with van der Waals surface area (Å²) in [5.74, 6) is -0.641. The maximum Gasteiger partial charge on any atom is 0.494 e. The second-order valence-electron chi connectivity index (χ2n) is 6.22. The Morgan fingerprint density at radius 3 is 2.50 bits per heavy atom. The summed E-state index contributed by atoms with van der Waals surface area (Å²) in [6, 6.07) is 3.42. The Morgan fingerprint density at radius 2 is 2.00 bits per heavy atom. The predicted molar refractivity (Wildman–Crippen MR) is 77.2 cm³/mol. The van der Waals surface area contributed by atoms with E-state index in [0.717, 1.165) is 13.0 Å². The molecule has 1 aromatic carbocycles. The monoisotopic (exact) mass is 314 g/mol. The van der Waals surface area contributed by atoms with E-state index in [9.17, 15) is 18.0 Å². The molecule has 0 saturated carbocycles. The molecule has 1 atom stereocenters. The molecule has 0 radical (unpaired) electrons. The highest BCUT2D eigenvalue weighted by atomic mass is 19.4. The van der Waals surface area contributed by atoms with Gasteiger partial charge in [-0.15, -0.1) is 0 Å². The molecule has 3 nitrogen and oxygen atoms in total. The van der Waals surface area contributed by atoms with Crippen molar-refractivity contribution in [1.29, 1.82) is 0 Å². The highest BCUT2D eigenvalue weighted by Gasteiger charge is 2.40. The molecule has 0 amide bonds. The molecule has 120 valence electrons. The van der Waals surface area contributed by atoms with Crippen molar-refractivity contribution in [3.8, 4) is 0 Å². The largest absolute Gasteiger partial charge is 0.494 e. The van der Waals surface area contributed by atoms with Crippen LogP contribution in [-0.2, 0) is 15.5 Å². The summed E-state index contributed by atoms with van der Waals surface area (Å²) in [5.41, 5.74) is -1.33. The van der Waals surface area contributed by atoms with Gasteiger partial charge in [0.05, 0.1) is 11.2 Å². The fourth-order valence-electron chi connectivity index (χ4n) is 2.71. The second kappa shape index (κ2) is 5.70. The zero-order valence-corrected chi connectivity index (χ0v) is 13.0. The molecule has 0 aromatic heterocycles. The zero-order valence-electron chi connectivity index (χ0n) is 13.0.